The van der Waals surface area contributed by atoms with Crippen molar-refractivity contribution in [2.45, 2.75) is 10.8 Å². The van der Waals surface area contributed by atoms with E-state index in [0.717, 1.165) is 5.52 Å². The zero-order valence-corrected chi connectivity index (χ0v) is 19.0. The molecule has 0 radical (unpaired) electrons. The van der Waals surface area contributed by atoms with Crippen molar-refractivity contribution in [2.75, 3.05) is 38.2 Å². The number of aromatic amines is 1. The van der Waals surface area contributed by atoms with Crippen LogP contribution >= 0.6 is 0 Å². The maximum Gasteiger partial charge on any atom is 0.244 e. The first-order valence-electron chi connectivity index (χ1n) is 11.0. The van der Waals surface area contributed by atoms with Gasteiger partial charge in [0.25, 0.3) is 0 Å². The van der Waals surface area contributed by atoms with Gasteiger partial charge in [-0.25, -0.2) is 13.4 Å². The van der Waals surface area contributed by atoms with Crippen LogP contribution in [-0.2, 0) is 14.8 Å². The molecule has 0 spiro atoms. The van der Waals surface area contributed by atoms with E-state index in [-0.39, 0.29) is 10.8 Å². The molecule has 2 N–H and O–H groups in total. The van der Waals surface area contributed by atoms with E-state index in [1.54, 1.807) is 12.1 Å². The molecule has 8 heteroatoms. The molecule has 2 aromatic carbocycles. The SMILES string of the molecule is O=S(=O)(c1ccc(NCC(c2ccccc2)c2c[nH]c3ccccc23)nc1)N1CCOCC1. The number of sulfonamides is 1. The number of morpholine rings is 1. The lowest BCUT2D eigenvalue weighted by atomic mass is 9.91. The summed E-state index contributed by atoms with van der Waals surface area (Å²) in [7, 11) is -3.55. The molecule has 0 saturated carbocycles. The number of rotatable bonds is 7. The van der Waals surface area contributed by atoms with Gasteiger partial charge in [0, 0.05) is 48.8 Å². The minimum atomic E-state index is -3.55. The zero-order chi connectivity index (χ0) is 22.7. The quantitative estimate of drug-likeness (QED) is 0.436. The summed E-state index contributed by atoms with van der Waals surface area (Å²) in [6.07, 6.45) is 3.49. The fraction of sp³-hybridized carbons (Fsp3) is 0.240. The first-order valence-corrected chi connectivity index (χ1v) is 12.5. The van der Waals surface area contributed by atoms with Crippen molar-refractivity contribution >= 4 is 26.7 Å². The summed E-state index contributed by atoms with van der Waals surface area (Å²) in [6, 6.07) is 22.0. The third-order valence-electron chi connectivity index (χ3n) is 6.03. The first-order chi connectivity index (χ1) is 16.1. The number of nitrogens with one attached hydrogen (secondary N) is 2. The molecular formula is C25H26N4O3S. The number of pyridine rings is 1. The highest BCUT2D eigenvalue weighted by molar-refractivity contribution is 7.89. The molecule has 1 unspecified atom stereocenters. The minimum Gasteiger partial charge on any atom is -0.379 e. The van der Waals surface area contributed by atoms with E-state index >= 15 is 0 Å². The van der Waals surface area contributed by atoms with Crippen molar-refractivity contribution in [3.8, 4) is 0 Å². The molecule has 7 nitrogen and oxygen atoms in total. The van der Waals surface area contributed by atoms with Gasteiger partial charge < -0.3 is 15.0 Å². The highest BCUT2D eigenvalue weighted by atomic mass is 32.2. The predicted molar refractivity (Wildman–Crippen MR) is 129 cm³/mol. The number of fused-ring (bicyclic) bond motifs is 1. The van der Waals surface area contributed by atoms with Gasteiger partial charge in [-0.3, -0.25) is 0 Å². The van der Waals surface area contributed by atoms with Gasteiger partial charge in [0.2, 0.25) is 10.0 Å². The van der Waals surface area contributed by atoms with Crippen molar-refractivity contribution in [3.05, 3.63) is 90.3 Å². The number of anilines is 1. The van der Waals surface area contributed by atoms with Crippen LogP contribution in [0.15, 0.2) is 84.0 Å². The average molecular weight is 463 g/mol. The van der Waals surface area contributed by atoms with Gasteiger partial charge in [-0.1, -0.05) is 48.5 Å². The summed E-state index contributed by atoms with van der Waals surface area (Å²) in [5.74, 6) is 0.734. The number of hydrogen-bond acceptors (Lipinski definition) is 5. The van der Waals surface area contributed by atoms with Gasteiger partial charge in [0.1, 0.15) is 10.7 Å². The van der Waals surface area contributed by atoms with Gasteiger partial charge in [-0.2, -0.15) is 4.31 Å². The van der Waals surface area contributed by atoms with Crippen LogP contribution in [0.2, 0.25) is 0 Å². The summed E-state index contributed by atoms with van der Waals surface area (Å²) in [5.41, 5.74) is 3.50. The van der Waals surface area contributed by atoms with Crippen LogP contribution in [0, 0.1) is 0 Å². The van der Waals surface area contributed by atoms with Gasteiger partial charge in [-0.05, 0) is 29.3 Å². The second-order valence-corrected chi connectivity index (χ2v) is 9.97. The summed E-state index contributed by atoms with van der Waals surface area (Å²) < 4.78 is 32.4. The van der Waals surface area contributed by atoms with Crippen molar-refractivity contribution in [1.82, 2.24) is 14.3 Å². The Balaban J connectivity index is 1.37. The molecule has 2 aromatic heterocycles. The smallest absolute Gasteiger partial charge is 0.244 e. The van der Waals surface area contributed by atoms with Crippen LogP contribution in [0.5, 0.6) is 0 Å². The Labute approximate surface area is 193 Å². The van der Waals surface area contributed by atoms with Crippen LogP contribution in [0.4, 0.5) is 5.82 Å². The molecule has 0 bridgehead atoms. The maximum absolute atomic E-state index is 12.8. The lowest BCUT2D eigenvalue weighted by Gasteiger charge is -2.26. The molecule has 1 saturated heterocycles. The van der Waals surface area contributed by atoms with Crippen molar-refractivity contribution < 1.29 is 13.2 Å². The largest absolute Gasteiger partial charge is 0.379 e. The number of hydrogen-bond donors (Lipinski definition) is 2. The second-order valence-electron chi connectivity index (χ2n) is 8.03. The van der Waals surface area contributed by atoms with E-state index in [0.29, 0.717) is 38.7 Å². The molecule has 170 valence electrons. The lowest BCUT2D eigenvalue weighted by Crippen LogP contribution is -2.40. The third-order valence-corrected chi connectivity index (χ3v) is 7.91. The molecule has 1 aliphatic rings. The van der Waals surface area contributed by atoms with Crippen LogP contribution in [0.3, 0.4) is 0 Å². The number of H-pyrrole nitrogens is 1. The third kappa shape index (κ3) is 4.50. The zero-order valence-electron chi connectivity index (χ0n) is 18.1. The number of aromatic nitrogens is 2. The molecule has 1 atom stereocenters. The van der Waals surface area contributed by atoms with E-state index in [1.165, 1.54) is 27.0 Å². The van der Waals surface area contributed by atoms with E-state index in [9.17, 15) is 8.42 Å². The second kappa shape index (κ2) is 9.35. The Bertz CT molecular complexity index is 1310. The van der Waals surface area contributed by atoms with Gasteiger partial charge in [0.15, 0.2) is 0 Å². The topological polar surface area (TPSA) is 87.3 Å². The Morgan fingerprint density at radius 2 is 1.76 bits per heavy atom. The predicted octanol–water partition coefficient (Wildman–Crippen LogP) is 3.83. The number of benzene rings is 2. The highest BCUT2D eigenvalue weighted by Crippen LogP contribution is 2.31. The molecule has 0 aliphatic carbocycles. The summed E-state index contributed by atoms with van der Waals surface area (Å²) in [4.78, 5) is 7.96. The summed E-state index contributed by atoms with van der Waals surface area (Å²) in [6.45, 7) is 2.19. The van der Waals surface area contributed by atoms with Crippen LogP contribution in [-0.4, -0.2) is 55.5 Å². The Morgan fingerprint density at radius 3 is 2.52 bits per heavy atom. The average Bonchev–Trinajstić information content (AvgIpc) is 3.30. The maximum atomic E-state index is 12.8. The summed E-state index contributed by atoms with van der Waals surface area (Å²) >= 11 is 0. The van der Waals surface area contributed by atoms with Gasteiger partial charge in [0.05, 0.1) is 13.2 Å². The Kier molecular flexibility index (Phi) is 6.13. The van der Waals surface area contributed by atoms with Crippen LogP contribution in [0.25, 0.3) is 10.9 Å². The Morgan fingerprint density at radius 1 is 1.00 bits per heavy atom. The summed E-state index contributed by atoms with van der Waals surface area (Å²) in [5, 5.41) is 4.59. The van der Waals surface area contributed by atoms with Crippen molar-refractivity contribution in [2.24, 2.45) is 0 Å². The molecule has 3 heterocycles. The van der Waals surface area contributed by atoms with Crippen molar-refractivity contribution in [1.29, 1.82) is 0 Å². The van der Waals surface area contributed by atoms with E-state index in [2.05, 4.69) is 45.7 Å². The minimum absolute atomic E-state index is 0.0981. The fourth-order valence-electron chi connectivity index (χ4n) is 4.26. The standard InChI is InChI=1S/C25H26N4O3S/c30-33(31,29-12-14-32-15-13-29)20-10-11-25(27-16-20)28-17-22(19-6-2-1-3-7-19)23-18-26-24-9-5-4-8-21(23)24/h1-11,16,18,22,26H,12-15,17H2,(H,27,28). The molecule has 4 aromatic rings. The van der Waals surface area contributed by atoms with E-state index in [1.807, 2.05) is 30.3 Å². The number of ether oxygens (including phenoxy) is 1. The normalized spacial score (nSPS) is 16.0. The monoisotopic (exact) mass is 462 g/mol. The van der Waals surface area contributed by atoms with E-state index in [4.69, 9.17) is 4.74 Å². The highest BCUT2D eigenvalue weighted by Gasteiger charge is 2.26. The van der Waals surface area contributed by atoms with Crippen LogP contribution in [0.1, 0.15) is 17.0 Å². The lowest BCUT2D eigenvalue weighted by molar-refractivity contribution is 0.0730. The molecule has 5 rings (SSSR count). The van der Waals surface area contributed by atoms with E-state index < -0.39 is 10.0 Å². The van der Waals surface area contributed by atoms with Crippen LogP contribution < -0.4 is 5.32 Å². The number of para-hydroxylation sites is 1. The van der Waals surface area contributed by atoms with Gasteiger partial charge in [-0.15, -0.1) is 0 Å². The van der Waals surface area contributed by atoms with Gasteiger partial charge >= 0.3 is 0 Å². The molecule has 33 heavy (non-hydrogen) atoms. The molecular weight excluding hydrogens is 436 g/mol. The molecule has 1 aliphatic heterocycles. The Hall–Kier alpha value is -3.20. The number of nitrogens with zero attached hydrogens (tertiary/aromatic N) is 2. The molecule has 1 fully saturated rings. The van der Waals surface area contributed by atoms with Crippen molar-refractivity contribution in [3.63, 3.8) is 0 Å². The first kappa shape index (κ1) is 21.6. The fourth-order valence-corrected chi connectivity index (χ4v) is 5.61. The molecule has 0 amide bonds.